The molecule has 92 valence electrons. The van der Waals surface area contributed by atoms with E-state index in [-0.39, 0.29) is 6.10 Å². The topological polar surface area (TPSA) is 46.0 Å². The van der Waals surface area contributed by atoms with E-state index in [1.54, 1.807) is 0 Å². The molecule has 3 nitrogen and oxygen atoms in total. The van der Waals surface area contributed by atoms with Crippen LogP contribution in [0.3, 0.4) is 0 Å². The summed E-state index contributed by atoms with van der Waals surface area (Å²) in [6.07, 6.45) is 6.23. The fraction of sp³-hybridized carbons (Fsp3) is 0.538. The molecule has 0 unspecified atom stereocenters. The Hall–Kier alpha value is -0.870. The van der Waals surface area contributed by atoms with E-state index in [4.69, 9.17) is 0 Å². The molecule has 2 rings (SSSR count). The normalized spacial score (nSPS) is 20.2. The lowest BCUT2D eigenvalue weighted by Gasteiger charge is -2.17. The summed E-state index contributed by atoms with van der Waals surface area (Å²) in [7, 11) is 0. The fourth-order valence-electron chi connectivity index (χ4n) is 2.03. The summed E-state index contributed by atoms with van der Waals surface area (Å²) < 4.78 is 0. The molecule has 0 aliphatic heterocycles. The third-order valence-corrected chi connectivity index (χ3v) is 3.17. The zero-order valence-electron chi connectivity index (χ0n) is 10.1. The van der Waals surface area contributed by atoms with Gasteiger partial charge in [0.1, 0.15) is 0 Å². The highest BCUT2D eigenvalue weighted by atomic mass is 32.1. The number of aromatic nitrogens is 2. The summed E-state index contributed by atoms with van der Waals surface area (Å²) in [5.41, 5.74) is 2.19. The van der Waals surface area contributed by atoms with E-state index in [1.165, 1.54) is 0 Å². The van der Waals surface area contributed by atoms with Crippen LogP contribution in [0.4, 0.5) is 0 Å². The molecular weight excluding hydrogens is 232 g/mol. The van der Waals surface area contributed by atoms with Crippen LogP contribution >= 0.6 is 12.6 Å². The van der Waals surface area contributed by atoms with Crippen molar-refractivity contribution < 1.29 is 5.11 Å². The van der Waals surface area contributed by atoms with Crippen LogP contribution < -0.4 is 0 Å². The van der Waals surface area contributed by atoms with E-state index in [1.807, 2.05) is 12.1 Å². The van der Waals surface area contributed by atoms with Gasteiger partial charge in [-0.2, -0.15) is 0 Å². The predicted octanol–water partition coefficient (Wildman–Crippen LogP) is 2.65. The Morgan fingerprint density at radius 2 is 2.29 bits per heavy atom. The molecule has 1 aromatic heterocycles. The average molecular weight is 250 g/mol. The second-order valence-electron chi connectivity index (χ2n) is 4.45. The largest absolute Gasteiger partial charge is 0.393 e. The number of aliphatic hydroxyl groups is 1. The maximum absolute atomic E-state index is 9.47. The summed E-state index contributed by atoms with van der Waals surface area (Å²) in [6.45, 7) is 2.14. The smallest absolute Gasteiger partial charge is 0.156 e. The lowest BCUT2D eigenvalue weighted by molar-refractivity contribution is 0.166. The van der Waals surface area contributed by atoms with Gasteiger partial charge in [-0.1, -0.05) is 19.4 Å². The third-order valence-electron chi connectivity index (χ3n) is 2.94. The molecule has 1 heterocycles. The van der Waals surface area contributed by atoms with Crippen LogP contribution in [-0.4, -0.2) is 21.2 Å². The highest BCUT2D eigenvalue weighted by Gasteiger charge is 2.15. The molecule has 0 aromatic carbocycles. The Balaban J connectivity index is 2.25. The molecule has 0 radical (unpaired) electrons. The van der Waals surface area contributed by atoms with Crippen LogP contribution in [0.1, 0.15) is 44.1 Å². The van der Waals surface area contributed by atoms with Crippen molar-refractivity contribution in [2.75, 3.05) is 0 Å². The molecule has 1 aromatic rings. The first-order valence-corrected chi connectivity index (χ1v) is 6.58. The summed E-state index contributed by atoms with van der Waals surface area (Å²) in [4.78, 5) is 8.93. The van der Waals surface area contributed by atoms with Crippen molar-refractivity contribution >= 4 is 18.2 Å². The molecule has 4 heteroatoms. The SMILES string of the molecule is CCCc1cc(S)nc(C2=CC[C@H](O)CC2)n1. The molecule has 0 bridgehead atoms. The molecular formula is C13H18N2OS. The Kier molecular flexibility index (Phi) is 4.18. The van der Waals surface area contributed by atoms with Crippen LogP contribution in [0.25, 0.3) is 5.57 Å². The van der Waals surface area contributed by atoms with Gasteiger partial charge in [0.25, 0.3) is 0 Å². The molecule has 1 atom stereocenters. The van der Waals surface area contributed by atoms with E-state index >= 15 is 0 Å². The average Bonchev–Trinajstić information content (AvgIpc) is 2.29. The third kappa shape index (κ3) is 3.30. The minimum atomic E-state index is -0.201. The van der Waals surface area contributed by atoms with Crippen molar-refractivity contribution in [1.29, 1.82) is 0 Å². The van der Waals surface area contributed by atoms with E-state index in [2.05, 4.69) is 29.5 Å². The van der Waals surface area contributed by atoms with Crippen molar-refractivity contribution in [3.8, 4) is 0 Å². The molecule has 0 fully saturated rings. The molecule has 17 heavy (non-hydrogen) atoms. The van der Waals surface area contributed by atoms with Crippen molar-refractivity contribution in [2.24, 2.45) is 0 Å². The number of hydrogen-bond acceptors (Lipinski definition) is 4. The van der Waals surface area contributed by atoms with Crippen LogP contribution in [0.15, 0.2) is 17.2 Å². The predicted molar refractivity (Wildman–Crippen MR) is 71.1 cm³/mol. The van der Waals surface area contributed by atoms with Gasteiger partial charge in [-0.15, -0.1) is 12.6 Å². The van der Waals surface area contributed by atoms with Crippen molar-refractivity contribution in [1.82, 2.24) is 9.97 Å². The van der Waals surface area contributed by atoms with Crippen molar-refractivity contribution in [2.45, 2.75) is 50.2 Å². The number of rotatable bonds is 3. The number of nitrogens with zero attached hydrogens (tertiary/aromatic N) is 2. The minimum absolute atomic E-state index is 0.201. The van der Waals surface area contributed by atoms with Gasteiger partial charge < -0.3 is 5.11 Å². The molecule has 1 aliphatic carbocycles. The van der Waals surface area contributed by atoms with Gasteiger partial charge in [-0.05, 0) is 37.3 Å². The summed E-state index contributed by atoms with van der Waals surface area (Å²) in [5, 5.41) is 10.2. The molecule has 0 spiro atoms. The number of aliphatic hydroxyl groups excluding tert-OH is 1. The quantitative estimate of drug-likeness (QED) is 0.640. The Bertz CT molecular complexity index is 431. The first kappa shape index (κ1) is 12.6. The molecule has 1 aliphatic rings. The van der Waals surface area contributed by atoms with E-state index in [9.17, 15) is 5.11 Å². The van der Waals surface area contributed by atoms with Crippen molar-refractivity contribution in [3.63, 3.8) is 0 Å². The molecule has 0 saturated heterocycles. The maximum atomic E-state index is 9.47. The summed E-state index contributed by atoms with van der Waals surface area (Å²) >= 11 is 4.33. The van der Waals surface area contributed by atoms with Gasteiger partial charge in [-0.25, -0.2) is 9.97 Å². The van der Waals surface area contributed by atoms with Crippen molar-refractivity contribution in [3.05, 3.63) is 23.7 Å². The van der Waals surface area contributed by atoms with Crippen LogP contribution in [-0.2, 0) is 6.42 Å². The summed E-state index contributed by atoms with van der Waals surface area (Å²) in [5.74, 6) is 0.785. The van der Waals surface area contributed by atoms with Gasteiger partial charge >= 0.3 is 0 Å². The first-order valence-electron chi connectivity index (χ1n) is 6.13. The zero-order valence-corrected chi connectivity index (χ0v) is 11.0. The van der Waals surface area contributed by atoms with Gasteiger partial charge in [0.2, 0.25) is 0 Å². The highest BCUT2D eigenvalue weighted by molar-refractivity contribution is 7.80. The highest BCUT2D eigenvalue weighted by Crippen LogP contribution is 2.25. The standard InChI is InChI=1S/C13H18N2OS/c1-2-3-10-8-12(17)15-13(14-10)9-4-6-11(16)7-5-9/h4,8,11,16H,2-3,5-7H2,1H3,(H,14,15,17)/t11-/m0/s1. The number of allylic oxidation sites excluding steroid dienone is 1. The van der Waals surface area contributed by atoms with E-state index < -0.39 is 0 Å². The lowest BCUT2D eigenvalue weighted by atomic mass is 9.96. The number of aryl methyl sites for hydroxylation is 1. The monoisotopic (exact) mass is 250 g/mol. The van der Waals surface area contributed by atoms with Gasteiger partial charge in [0, 0.05) is 5.69 Å². The molecule has 0 saturated carbocycles. The van der Waals surface area contributed by atoms with E-state index in [0.29, 0.717) is 6.42 Å². The maximum Gasteiger partial charge on any atom is 0.156 e. The van der Waals surface area contributed by atoms with E-state index in [0.717, 1.165) is 47.8 Å². The van der Waals surface area contributed by atoms with Gasteiger partial charge in [0.15, 0.2) is 5.82 Å². The molecule has 0 amide bonds. The second kappa shape index (κ2) is 5.65. The fourth-order valence-corrected chi connectivity index (χ4v) is 2.28. The lowest BCUT2D eigenvalue weighted by Crippen LogP contribution is -2.11. The Morgan fingerprint density at radius 3 is 2.94 bits per heavy atom. The first-order chi connectivity index (χ1) is 8.19. The summed E-state index contributed by atoms with van der Waals surface area (Å²) in [6, 6.07) is 1.92. The Morgan fingerprint density at radius 1 is 1.47 bits per heavy atom. The number of thiol groups is 1. The zero-order chi connectivity index (χ0) is 12.3. The van der Waals surface area contributed by atoms with Gasteiger partial charge in [0.05, 0.1) is 11.1 Å². The number of hydrogen-bond donors (Lipinski definition) is 2. The Labute approximate surface area is 107 Å². The van der Waals surface area contributed by atoms with Crippen LogP contribution in [0.5, 0.6) is 0 Å². The van der Waals surface area contributed by atoms with Crippen LogP contribution in [0, 0.1) is 0 Å². The van der Waals surface area contributed by atoms with Crippen LogP contribution in [0.2, 0.25) is 0 Å². The minimum Gasteiger partial charge on any atom is -0.393 e. The van der Waals surface area contributed by atoms with Gasteiger partial charge in [-0.3, -0.25) is 0 Å². The second-order valence-corrected chi connectivity index (χ2v) is 4.91. The molecule has 1 N–H and O–H groups in total.